The largest absolute Gasteiger partial charge is 0.478 e. The van der Waals surface area contributed by atoms with E-state index in [1.54, 1.807) is 20.0 Å². The van der Waals surface area contributed by atoms with Gasteiger partial charge in [-0.1, -0.05) is 84.9 Å². The van der Waals surface area contributed by atoms with Gasteiger partial charge < -0.3 is 21.1 Å². The van der Waals surface area contributed by atoms with Crippen LogP contribution in [0.15, 0.2) is 42.0 Å². The van der Waals surface area contributed by atoms with Gasteiger partial charge in [0.2, 0.25) is 5.91 Å². The normalized spacial score (nSPS) is 15.4. The number of ketones is 1. The maximum atomic E-state index is 13.4. The van der Waals surface area contributed by atoms with Crippen molar-refractivity contribution in [2.75, 3.05) is 13.6 Å². The fourth-order valence-corrected chi connectivity index (χ4v) is 4.28. The second-order valence-corrected chi connectivity index (χ2v) is 11.4. The van der Waals surface area contributed by atoms with E-state index in [1.807, 2.05) is 78.8 Å². The Bertz CT molecular complexity index is 885. The van der Waals surface area contributed by atoms with Crippen LogP contribution in [0.5, 0.6) is 0 Å². The molecule has 7 nitrogen and oxygen atoms in total. The Hall–Kier alpha value is -2.51. The highest BCUT2D eigenvalue weighted by Gasteiger charge is 2.39. The van der Waals surface area contributed by atoms with E-state index in [1.165, 1.54) is 0 Å². The molecule has 0 aliphatic rings. The van der Waals surface area contributed by atoms with Gasteiger partial charge >= 0.3 is 5.97 Å². The number of rotatable bonds is 13. The van der Waals surface area contributed by atoms with E-state index in [2.05, 4.69) is 16.0 Å². The van der Waals surface area contributed by atoms with Crippen LogP contribution in [-0.2, 0) is 19.8 Å². The molecule has 0 fully saturated rings. The number of aliphatic carboxylic acids is 1. The number of benzene rings is 1. The lowest BCUT2D eigenvalue weighted by molar-refractivity contribution is -0.132. The number of carbonyl (C=O) groups is 3. The minimum absolute atomic E-state index is 0.0231. The van der Waals surface area contributed by atoms with E-state index >= 15 is 0 Å². The Morgan fingerprint density at radius 3 is 2.03 bits per heavy atom. The van der Waals surface area contributed by atoms with Crippen molar-refractivity contribution in [1.82, 2.24) is 16.0 Å². The lowest BCUT2D eigenvalue weighted by Gasteiger charge is -2.37. The SMILES string of the molecule is CNC(C(=O)NC(C(=O)CNC(/C=C(\C)C(=O)O)CC(C)C)C(C)(C)C)C(C)(C)c1ccccc1. The van der Waals surface area contributed by atoms with Crippen LogP contribution in [0.1, 0.15) is 67.4 Å². The van der Waals surface area contributed by atoms with Crippen molar-refractivity contribution in [3.05, 3.63) is 47.5 Å². The highest BCUT2D eigenvalue weighted by Crippen LogP contribution is 2.28. The summed E-state index contributed by atoms with van der Waals surface area (Å²) in [6.07, 6.45) is 2.34. The van der Waals surface area contributed by atoms with Crippen molar-refractivity contribution in [2.45, 2.75) is 85.4 Å². The van der Waals surface area contributed by atoms with Crippen LogP contribution in [0.4, 0.5) is 0 Å². The number of likely N-dealkylation sites (N-methyl/N-ethyl adjacent to an activating group) is 1. The number of Topliss-reactive ketones (excluding diaryl/α,β-unsaturated/α-hetero) is 1. The maximum absolute atomic E-state index is 13.4. The molecule has 3 atom stereocenters. The van der Waals surface area contributed by atoms with Crippen molar-refractivity contribution in [1.29, 1.82) is 0 Å². The molecule has 4 N–H and O–H groups in total. The van der Waals surface area contributed by atoms with Crippen LogP contribution >= 0.6 is 0 Å². The van der Waals surface area contributed by atoms with Crippen LogP contribution in [0.2, 0.25) is 0 Å². The number of amides is 1. The third kappa shape index (κ3) is 9.22. The molecule has 1 amide bonds. The zero-order valence-electron chi connectivity index (χ0n) is 22.9. The molecule has 7 heteroatoms. The Balaban J connectivity index is 3.07. The fraction of sp³-hybridized carbons (Fsp3) is 0.607. The summed E-state index contributed by atoms with van der Waals surface area (Å²) in [4.78, 5) is 38.0. The van der Waals surface area contributed by atoms with E-state index in [9.17, 15) is 19.5 Å². The fourth-order valence-electron chi connectivity index (χ4n) is 4.28. The molecule has 0 bridgehead atoms. The molecular weight excluding hydrogens is 442 g/mol. The minimum atomic E-state index is -0.981. The predicted octanol–water partition coefficient (Wildman–Crippen LogP) is 3.69. The van der Waals surface area contributed by atoms with Gasteiger partial charge in [-0.15, -0.1) is 0 Å². The van der Waals surface area contributed by atoms with Gasteiger partial charge in [-0.3, -0.25) is 9.59 Å². The Labute approximate surface area is 211 Å². The smallest absolute Gasteiger partial charge is 0.331 e. The monoisotopic (exact) mass is 487 g/mol. The third-order valence-corrected chi connectivity index (χ3v) is 6.32. The third-order valence-electron chi connectivity index (χ3n) is 6.32. The van der Waals surface area contributed by atoms with Crippen LogP contribution in [0.25, 0.3) is 0 Å². The van der Waals surface area contributed by atoms with Gasteiger partial charge in [0.25, 0.3) is 0 Å². The average molecular weight is 488 g/mol. The molecule has 0 radical (unpaired) electrons. The first kappa shape index (κ1) is 30.5. The van der Waals surface area contributed by atoms with Gasteiger partial charge in [0.1, 0.15) is 0 Å². The highest BCUT2D eigenvalue weighted by atomic mass is 16.4. The summed E-state index contributed by atoms with van der Waals surface area (Å²) in [7, 11) is 1.75. The number of hydrogen-bond donors (Lipinski definition) is 4. The summed E-state index contributed by atoms with van der Waals surface area (Å²) in [5, 5.41) is 18.6. The van der Waals surface area contributed by atoms with Crippen molar-refractivity contribution in [3.63, 3.8) is 0 Å². The summed E-state index contributed by atoms with van der Waals surface area (Å²) in [6.45, 7) is 15.4. The average Bonchev–Trinajstić information content (AvgIpc) is 2.75. The Kier molecular flexibility index (Phi) is 11.3. The second kappa shape index (κ2) is 13.0. The molecular formula is C28H45N3O4. The lowest BCUT2D eigenvalue weighted by Crippen LogP contribution is -2.60. The number of nitrogens with one attached hydrogen (secondary N) is 3. The molecule has 1 aromatic carbocycles. The summed E-state index contributed by atoms with van der Waals surface area (Å²) in [5.41, 5.74) is 0.234. The molecule has 0 saturated carbocycles. The van der Waals surface area contributed by atoms with Gasteiger partial charge in [-0.2, -0.15) is 0 Å². The van der Waals surface area contributed by atoms with Crippen molar-refractivity contribution < 1.29 is 19.5 Å². The first-order valence-electron chi connectivity index (χ1n) is 12.3. The van der Waals surface area contributed by atoms with E-state index in [4.69, 9.17) is 0 Å². The number of hydrogen-bond acceptors (Lipinski definition) is 5. The molecule has 0 spiro atoms. The molecule has 3 unspecified atom stereocenters. The number of carbonyl (C=O) groups excluding carboxylic acids is 2. The van der Waals surface area contributed by atoms with Gasteiger partial charge in [0.15, 0.2) is 5.78 Å². The molecule has 0 aliphatic heterocycles. The zero-order chi connectivity index (χ0) is 27.0. The van der Waals surface area contributed by atoms with Crippen molar-refractivity contribution >= 4 is 17.7 Å². The standard InChI is InChI=1S/C28H45N3O4/c1-18(2)15-21(16-19(3)26(34)35)30-17-22(32)23(27(4,5)6)31-25(33)24(29-9)28(7,8)20-13-11-10-12-14-20/h10-14,16,18,21,23-24,29-30H,15,17H2,1-9H3,(H,31,33)(H,34,35)/b19-16+. The lowest BCUT2D eigenvalue weighted by atomic mass is 9.76. The molecule has 1 rings (SSSR count). The summed E-state index contributed by atoms with van der Waals surface area (Å²) >= 11 is 0. The first-order valence-corrected chi connectivity index (χ1v) is 12.3. The van der Waals surface area contributed by atoms with Crippen LogP contribution in [0.3, 0.4) is 0 Å². The predicted molar refractivity (Wildman–Crippen MR) is 141 cm³/mol. The number of carboxylic acid groups (broad SMARTS) is 1. The molecule has 0 aromatic heterocycles. The van der Waals surface area contributed by atoms with Crippen molar-refractivity contribution in [3.8, 4) is 0 Å². The molecule has 0 aliphatic carbocycles. The minimum Gasteiger partial charge on any atom is -0.478 e. The molecule has 0 saturated heterocycles. The maximum Gasteiger partial charge on any atom is 0.331 e. The van der Waals surface area contributed by atoms with Gasteiger partial charge in [-0.25, -0.2) is 4.79 Å². The van der Waals surface area contributed by atoms with Crippen LogP contribution in [0, 0.1) is 11.3 Å². The van der Waals surface area contributed by atoms with Gasteiger partial charge in [-0.05, 0) is 37.3 Å². The topological polar surface area (TPSA) is 108 Å². The number of carboxylic acids is 1. The molecule has 35 heavy (non-hydrogen) atoms. The Morgan fingerprint density at radius 2 is 1.57 bits per heavy atom. The van der Waals surface area contributed by atoms with Crippen LogP contribution in [-0.4, -0.2) is 54.5 Å². The van der Waals surface area contributed by atoms with Crippen molar-refractivity contribution in [2.24, 2.45) is 11.3 Å². The molecule has 1 aromatic rings. The molecule has 0 heterocycles. The Morgan fingerprint density at radius 1 is 1.00 bits per heavy atom. The van der Waals surface area contributed by atoms with E-state index in [-0.39, 0.29) is 29.9 Å². The van der Waals surface area contributed by atoms with Crippen LogP contribution < -0.4 is 16.0 Å². The van der Waals surface area contributed by atoms with Gasteiger partial charge in [0.05, 0.1) is 18.6 Å². The van der Waals surface area contributed by atoms with Gasteiger partial charge in [0, 0.05) is 17.0 Å². The summed E-state index contributed by atoms with van der Waals surface area (Å²) in [5.74, 6) is -1.05. The quantitative estimate of drug-likeness (QED) is 0.316. The second-order valence-electron chi connectivity index (χ2n) is 11.4. The van der Waals surface area contributed by atoms with E-state index in [0.29, 0.717) is 12.3 Å². The summed E-state index contributed by atoms with van der Waals surface area (Å²) < 4.78 is 0. The zero-order valence-corrected chi connectivity index (χ0v) is 22.9. The van der Waals surface area contributed by atoms with E-state index in [0.717, 1.165) is 5.56 Å². The first-order chi connectivity index (χ1) is 16.1. The molecule has 196 valence electrons. The highest BCUT2D eigenvalue weighted by molar-refractivity contribution is 5.93. The van der Waals surface area contributed by atoms with E-state index < -0.39 is 28.9 Å². The summed E-state index contributed by atoms with van der Waals surface area (Å²) in [6, 6.07) is 8.30.